The van der Waals surface area contributed by atoms with E-state index >= 15 is 0 Å². The van der Waals surface area contributed by atoms with Crippen molar-refractivity contribution >= 4 is 5.97 Å². The summed E-state index contributed by atoms with van der Waals surface area (Å²) in [6.07, 6.45) is -0.956. The maximum Gasteiger partial charge on any atom is 0.353 e. The number of aromatic amines is 1. The summed E-state index contributed by atoms with van der Waals surface area (Å²) in [5.41, 5.74) is 1.69. The van der Waals surface area contributed by atoms with Gasteiger partial charge in [0.2, 0.25) is 0 Å². The van der Waals surface area contributed by atoms with Crippen molar-refractivity contribution in [2.24, 2.45) is 0 Å². The number of H-pyrrole nitrogens is 1. The fourth-order valence-corrected chi connectivity index (χ4v) is 1.59. The second-order valence-electron chi connectivity index (χ2n) is 3.80. The molecule has 2 aromatic rings. The Bertz CT molecular complexity index is 565. The van der Waals surface area contributed by atoms with Crippen LogP contribution in [0.4, 0.5) is 0 Å². The molecule has 0 aliphatic rings. The minimum atomic E-state index is -1.08. The Morgan fingerprint density at radius 2 is 2.17 bits per heavy atom. The summed E-state index contributed by atoms with van der Waals surface area (Å²) < 4.78 is 0. The number of nitrogens with zero attached hydrogens (tertiary/aromatic N) is 1. The molecule has 0 amide bonds. The molecule has 0 fully saturated rings. The number of aromatic carboxylic acids is 1. The molecule has 6 heteroatoms. The summed E-state index contributed by atoms with van der Waals surface area (Å²) in [6.45, 7) is -0.371. The fourth-order valence-electron chi connectivity index (χ4n) is 1.59. The van der Waals surface area contributed by atoms with E-state index in [0.717, 1.165) is 0 Å². The smallest absolute Gasteiger partial charge is 0.353 e. The monoisotopic (exact) mass is 248 g/mol. The Hall–Kier alpha value is -2.18. The van der Waals surface area contributed by atoms with Crippen LogP contribution in [0, 0.1) is 0 Å². The first-order chi connectivity index (χ1) is 8.61. The van der Waals surface area contributed by atoms with E-state index in [1.165, 1.54) is 6.07 Å². The van der Waals surface area contributed by atoms with E-state index in [9.17, 15) is 9.90 Å². The topological polar surface area (TPSA) is 106 Å². The van der Waals surface area contributed by atoms with Crippen LogP contribution in [-0.4, -0.2) is 38.1 Å². The number of hydrogen-bond donors (Lipinski definition) is 4. The van der Waals surface area contributed by atoms with Crippen LogP contribution in [0.15, 0.2) is 30.3 Å². The molecule has 1 aromatic carbocycles. The molecule has 0 bridgehead atoms. The van der Waals surface area contributed by atoms with E-state index in [-0.39, 0.29) is 12.3 Å². The van der Waals surface area contributed by atoms with E-state index < -0.39 is 12.1 Å². The van der Waals surface area contributed by atoms with E-state index in [2.05, 4.69) is 10.2 Å². The number of rotatable bonds is 4. The van der Waals surface area contributed by atoms with Crippen LogP contribution in [-0.2, 0) is 0 Å². The van der Waals surface area contributed by atoms with Gasteiger partial charge in [0.25, 0.3) is 0 Å². The number of aliphatic hydroxyl groups is 2. The lowest BCUT2D eigenvalue weighted by Crippen LogP contribution is -2.02. The molecule has 2 rings (SSSR count). The van der Waals surface area contributed by atoms with Gasteiger partial charge in [0, 0.05) is 5.56 Å². The molecule has 0 radical (unpaired) electrons. The maximum atomic E-state index is 10.7. The summed E-state index contributed by atoms with van der Waals surface area (Å²) >= 11 is 0. The van der Waals surface area contributed by atoms with Gasteiger partial charge < -0.3 is 15.3 Å². The molecule has 1 heterocycles. The van der Waals surface area contributed by atoms with Gasteiger partial charge in [0.15, 0.2) is 0 Å². The Morgan fingerprint density at radius 3 is 2.78 bits per heavy atom. The molecule has 6 nitrogen and oxygen atoms in total. The molecule has 0 aliphatic carbocycles. The highest BCUT2D eigenvalue weighted by Crippen LogP contribution is 2.22. The van der Waals surface area contributed by atoms with Gasteiger partial charge in [0.1, 0.15) is 11.8 Å². The lowest BCUT2D eigenvalue weighted by molar-refractivity contribution is 0.0690. The van der Waals surface area contributed by atoms with E-state index in [1.54, 1.807) is 24.3 Å². The van der Waals surface area contributed by atoms with Crippen LogP contribution in [0.25, 0.3) is 11.3 Å². The van der Waals surface area contributed by atoms with Gasteiger partial charge >= 0.3 is 5.97 Å². The van der Waals surface area contributed by atoms with E-state index in [4.69, 9.17) is 10.2 Å². The summed E-state index contributed by atoms with van der Waals surface area (Å²) in [5, 5.41) is 33.5. The number of carbonyl (C=O) groups is 1. The molecule has 1 aromatic heterocycles. The first-order valence-corrected chi connectivity index (χ1v) is 5.30. The Labute approximate surface area is 103 Å². The molecule has 0 spiro atoms. The standard InChI is InChI=1S/C12H12N2O4/c15-6-11(16)8-3-1-2-7(4-8)9-5-10(12(17)18)14-13-9/h1-5,11,15-16H,6H2,(H,13,14)(H,17,18). The minimum Gasteiger partial charge on any atom is -0.477 e. The Morgan fingerprint density at radius 1 is 1.39 bits per heavy atom. The molecule has 0 saturated heterocycles. The van der Waals surface area contributed by atoms with Gasteiger partial charge in [-0.15, -0.1) is 0 Å². The summed E-state index contributed by atoms with van der Waals surface area (Å²) in [5.74, 6) is -1.08. The predicted octanol–water partition coefficient (Wildman–Crippen LogP) is 0.801. The zero-order valence-electron chi connectivity index (χ0n) is 9.37. The van der Waals surface area contributed by atoms with Crippen molar-refractivity contribution in [2.75, 3.05) is 6.61 Å². The largest absolute Gasteiger partial charge is 0.477 e. The molecule has 18 heavy (non-hydrogen) atoms. The first kappa shape index (κ1) is 12.3. The van der Waals surface area contributed by atoms with Crippen molar-refractivity contribution < 1.29 is 20.1 Å². The molecule has 94 valence electrons. The third kappa shape index (κ3) is 2.39. The van der Waals surface area contributed by atoms with Crippen molar-refractivity contribution in [3.8, 4) is 11.3 Å². The number of nitrogens with one attached hydrogen (secondary N) is 1. The van der Waals surface area contributed by atoms with Crippen molar-refractivity contribution in [3.05, 3.63) is 41.6 Å². The molecule has 0 saturated carbocycles. The zero-order chi connectivity index (χ0) is 13.1. The number of carboxylic acids is 1. The Balaban J connectivity index is 2.35. The Kier molecular flexibility index (Phi) is 3.40. The normalized spacial score (nSPS) is 12.3. The molecule has 0 aliphatic heterocycles. The molecule has 1 atom stereocenters. The summed E-state index contributed by atoms with van der Waals surface area (Å²) in [7, 11) is 0. The van der Waals surface area contributed by atoms with Crippen molar-refractivity contribution in [1.29, 1.82) is 0 Å². The van der Waals surface area contributed by atoms with E-state index in [0.29, 0.717) is 16.8 Å². The highest BCUT2D eigenvalue weighted by Gasteiger charge is 2.11. The predicted molar refractivity (Wildman–Crippen MR) is 63.0 cm³/mol. The zero-order valence-corrected chi connectivity index (χ0v) is 9.37. The van der Waals surface area contributed by atoms with E-state index in [1.807, 2.05) is 0 Å². The maximum absolute atomic E-state index is 10.7. The van der Waals surface area contributed by atoms with Gasteiger partial charge in [-0.2, -0.15) is 5.10 Å². The van der Waals surface area contributed by atoms with Crippen molar-refractivity contribution in [2.45, 2.75) is 6.10 Å². The number of carboxylic acid groups (broad SMARTS) is 1. The second-order valence-corrected chi connectivity index (χ2v) is 3.80. The van der Waals surface area contributed by atoms with Gasteiger partial charge in [-0.3, -0.25) is 5.10 Å². The van der Waals surface area contributed by atoms with Crippen molar-refractivity contribution in [3.63, 3.8) is 0 Å². The summed E-state index contributed by atoms with van der Waals surface area (Å²) in [4.78, 5) is 10.7. The molecular weight excluding hydrogens is 236 g/mol. The molecular formula is C12H12N2O4. The van der Waals surface area contributed by atoms with Crippen LogP contribution in [0.5, 0.6) is 0 Å². The molecule has 1 unspecified atom stereocenters. The lowest BCUT2D eigenvalue weighted by Gasteiger charge is -2.08. The lowest BCUT2D eigenvalue weighted by atomic mass is 10.0. The third-order valence-electron chi connectivity index (χ3n) is 2.55. The molecule has 4 N–H and O–H groups in total. The highest BCUT2D eigenvalue weighted by molar-refractivity contribution is 5.86. The first-order valence-electron chi connectivity index (χ1n) is 5.30. The van der Waals surface area contributed by atoms with Gasteiger partial charge in [0.05, 0.1) is 12.3 Å². The minimum absolute atomic E-state index is 0.00175. The van der Waals surface area contributed by atoms with Crippen LogP contribution >= 0.6 is 0 Å². The third-order valence-corrected chi connectivity index (χ3v) is 2.55. The van der Waals surface area contributed by atoms with Crippen molar-refractivity contribution in [1.82, 2.24) is 10.2 Å². The number of hydrogen-bond acceptors (Lipinski definition) is 4. The number of aromatic nitrogens is 2. The average Bonchev–Trinajstić information content (AvgIpc) is 2.88. The highest BCUT2D eigenvalue weighted by atomic mass is 16.4. The van der Waals surface area contributed by atoms with Crippen LogP contribution in [0.3, 0.4) is 0 Å². The van der Waals surface area contributed by atoms with Gasteiger partial charge in [-0.25, -0.2) is 4.79 Å². The average molecular weight is 248 g/mol. The second kappa shape index (κ2) is 4.99. The van der Waals surface area contributed by atoms with Crippen LogP contribution in [0.1, 0.15) is 22.2 Å². The summed E-state index contributed by atoms with van der Waals surface area (Å²) in [6, 6.07) is 8.19. The fraction of sp³-hybridized carbons (Fsp3) is 0.167. The van der Waals surface area contributed by atoms with Gasteiger partial charge in [-0.1, -0.05) is 18.2 Å². The number of aliphatic hydroxyl groups excluding tert-OH is 2. The van der Waals surface area contributed by atoms with Crippen LogP contribution < -0.4 is 0 Å². The van der Waals surface area contributed by atoms with Gasteiger partial charge in [-0.05, 0) is 17.7 Å². The SMILES string of the molecule is O=C(O)c1cc(-c2cccc(C(O)CO)c2)n[nH]1. The number of benzene rings is 1. The quantitative estimate of drug-likeness (QED) is 0.640. The van der Waals surface area contributed by atoms with Crippen LogP contribution in [0.2, 0.25) is 0 Å².